The van der Waals surface area contributed by atoms with Gasteiger partial charge in [0.05, 0.1) is 40.4 Å². The summed E-state index contributed by atoms with van der Waals surface area (Å²) in [4.78, 5) is 50.1. The highest BCUT2D eigenvalue weighted by Gasteiger charge is 2.36. The normalized spacial score (nSPS) is 14.9. The molecule has 4 heterocycles. The summed E-state index contributed by atoms with van der Waals surface area (Å²) < 4.78 is 43.2. The van der Waals surface area contributed by atoms with Gasteiger partial charge < -0.3 is 10.2 Å². The molecule has 10 nitrogen and oxygen atoms in total. The van der Waals surface area contributed by atoms with Gasteiger partial charge in [0.25, 0.3) is 17.4 Å². The minimum Gasteiger partial charge on any atom is -0.354 e. The fourth-order valence-corrected chi connectivity index (χ4v) is 5.72. The molecular weight excluding hydrogens is 655 g/mol. The maximum absolute atomic E-state index is 14.1. The third-order valence-electron chi connectivity index (χ3n) is 7.10. The number of carbonyl (C=O) groups excluding carboxylic acids is 2. The number of halogens is 5. The predicted octanol–water partition coefficient (Wildman–Crippen LogP) is 4.81. The second kappa shape index (κ2) is 11.2. The highest BCUT2D eigenvalue weighted by Crippen LogP contribution is 2.36. The molecule has 0 unspecified atom stereocenters. The van der Waals surface area contributed by atoms with E-state index < -0.39 is 35.2 Å². The van der Waals surface area contributed by atoms with Crippen molar-refractivity contribution < 1.29 is 22.8 Å². The minimum absolute atomic E-state index is 0.0126. The first-order valence-electron chi connectivity index (χ1n) is 13.0. The van der Waals surface area contributed by atoms with Gasteiger partial charge in [-0.2, -0.15) is 18.3 Å². The number of amides is 2. The summed E-state index contributed by atoms with van der Waals surface area (Å²) in [6, 6.07) is 5.98. The monoisotopic (exact) mass is 677 g/mol. The Labute approximate surface area is 256 Å². The third-order valence-corrected chi connectivity index (χ3v) is 8.08. The Kier molecular flexibility index (Phi) is 7.94. The molecule has 1 aliphatic heterocycles. The molecule has 0 saturated carbocycles. The number of fused-ring (bicyclic) bond motifs is 1. The Balaban J connectivity index is 1.64. The van der Waals surface area contributed by atoms with Gasteiger partial charge in [0.1, 0.15) is 5.69 Å². The van der Waals surface area contributed by atoms with Crippen LogP contribution in [-0.4, -0.2) is 54.1 Å². The van der Waals surface area contributed by atoms with Gasteiger partial charge in [0.2, 0.25) is 5.95 Å². The predicted molar refractivity (Wildman–Crippen MR) is 155 cm³/mol. The summed E-state index contributed by atoms with van der Waals surface area (Å²) in [6.07, 6.45) is -3.24. The molecule has 0 spiro atoms. The van der Waals surface area contributed by atoms with Gasteiger partial charge in [0.15, 0.2) is 0 Å². The van der Waals surface area contributed by atoms with Gasteiger partial charge in [-0.1, -0.05) is 27.5 Å². The molecule has 4 aromatic rings. The molecule has 1 atom stereocenters. The first kappa shape index (κ1) is 30.4. The molecule has 0 radical (unpaired) electrons. The van der Waals surface area contributed by atoms with Crippen molar-refractivity contribution in [2.75, 3.05) is 7.05 Å². The number of aryl methyl sites for hydroxylation is 2. The first-order valence-corrected chi connectivity index (χ1v) is 14.1. The minimum atomic E-state index is -4.66. The number of nitrogens with one attached hydrogen (secondary N) is 1. The quantitative estimate of drug-likeness (QED) is 0.332. The van der Waals surface area contributed by atoms with Gasteiger partial charge in [-0.3, -0.25) is 14.4 Å². The smallest absolute Gasteiger partial charge is 0.354 e. The Morgan fingerprint density at radius 2 is 1.88 bits per heavy atom. The summed E-state index contributed by atoms with van der Waals surface area (Å²) in [7, 11) is 1.44. The fourth-order valence-electron chi connectivity index (χ4n) is 5.00. The van der Waals surface area contributed by atoms with E-state index in [2.05, 4.69) is 31.3 Å². The Hall–Kier alpha value is -4.04. The number of alkyl halides is 3. The Morgan fingerprint density at radius 3 is 2.49 bits per heavy atom. The second-order valence-corrected chi connectivity index (χ2v) is 11.4. The van der Waals surface area contributed by atoms with Crippen LogP contribution in [0.3, 0.4) is 0 Å². The maximum Gasteiger partial charge on any atom is 0.417 e. The van der Waals surface area contributed by atoms with Crippen molar-refractivity contribution >= 4 is 39.3 Å². The molecule has 0 fully saturated rings. The van der Waals surface area contributed by atoms with E-state index in [1.165, 1.54) is 45.6 Å². The number of nitrogens with zero attached hydrogens (tertiary/aromatic N) is 6. The number of pyridine rings is 1. The maximum atomic E-state index is 14.1. The second-order valence-electron chi connectivity index (χ2n) is 10.1. The number of aromatic nitrogens is 5. The van der Waals surface area contributed by atoms with E-state index in [1.807, 2.05) is 0 Å². The van der Waals surface area contributed by atoms with Crippen molar-refractivity contribution in [1.29, 1.82) is 0 Å². The van der Waals surface area contributed by atoms with E-state index in [4.69, 9.17) is 16.6 Å². The van der Waals surface area contributed by atoms with E-state index in [-0.39, 0.29) is 51.0 Å². The molecule has 0 aliphatic carbocycles. The van der Waals surface area contributed by atoms with Crippen LogP contribution in [-0.2, 0) is 19.1 Å². The molecule has 5 rings (SSSR count). The van der Waals surface area contributed by atoms with E-state index >= 15 is 0 Å². The molecule has 43 heavy (non-hydrogen) atoms. The van der Waals surface area contributed by atoms with E-state index in [9.17, 15) is 27.6 Å². The van der Waals surface area contributed by atoms with Gasteiger partial charge in [0, 0.05) is 34.4 Å². The van der Waals surface area contributed by atoms with Crippen LogP contribution < -0.4 is 10.9 Å². The van der Waals surface area contributed by atoms with Crippen LogP contribution in [0, 0.1) is 13.8 Å². The topological polar surface area (TPSA) is 115 Å². The number of benzene rings is 1. The lowest BCUT2D eigenvalue weighted by Crippen LogP contribution is -2.46. The summed E-state index contributed by atoms with van der Waals surface area (Å²) >= 11 is 9.27. The van der Waals surface area contributed by atoms with Crippen LogP contribution in [0.25, 0.3) is 11.6 Å². The van der Waals surface area contributed by atoms with Crippen LogP contribution in [0.2, 0.25) is 5.02 Å². The van der Waals surface area contributed by atoms with E-state index in [0.717, 1.165) is 6.07 Å². The van der Waals surface area contributed by atoms with Crippen LogP contribution in [0.4, 0.5) is 13.2 Å². The first-order chi connectivity index (χ1) is 20.2. The van der Waals surface area contributed by atoms with Crippen molar-refractivity contribution in [3.63, 3.8) is 0 Å². The summed E-state index contributed by atoms with van der Waals surface area (Å²) in [6.45, 7) is 5.14. The lowest BCUT2D eigenvalue weighted by molar-refractivity contribution is -0.138. The van der Waals surface area contributed by atoms with Gasteiger partial charge in [-0.15, -0.1) is 0 Å². The van der Waals surface area contributed by atoms with Crippen LogP contribution in [0.15, 0.2) is 45.8 Å². The molecule has 224 valence electrons. The van der Waals surface area contributed by atoms with Crippen molar-refractivity contribution in [2.24, 2.45) is 0 Å². The van der Waals surface area contributed by atoms with Gasteiger partial charge in [-0.25, -0.2) is 19.2 Å². The molecule has 1 aliphatic rings. The van der Waals surface area contributed by atoms with Gasteiger partial charge in [-0.05, 0) is 57.5 Å². The lowest BCUT2D eigenvalue weighted by atomic mass is 9.98. The largest absolute Gasteiger partial charge is 0.417 e. The van der Waals surface area contributed by atoms with E-state index in [1.54, 1.807) is 26.8 Å². The molecule has 3 aromatic heterocycles. The van der Waals surface area contributed by atoms with Crippen molar-refractivity contribution in [2.45, 2.75) is 46.0 Å². The molecule has 2 amide bonds. The highest BCUT2D eigenvalue weighted by molar-refractivity contribution is 9.10. The number of rotatable bonds is 4. The standard InChI is InChI=1S/C28H24BrClF3N7O3/c1-13-7-15(3)40(37-13)27-36-22-12-38(25(42)16-5-6-20(29)19(9-16)28(31,32)33)14(2)8-18(22)26(43)39(27)17-10-21(30)23(35-11-17)24(41)34-4/h5-7,9-11,14H,8,12H2,1-4H3,(H,34,41)/t14-/m1/s1. The molecule has 0 saturated heterocycles. The average Bonchev–Trinajstić information content (AvgIpc) is 3.29. The molecule has 15 heteroatoms. The zero-order chi connectivity index (χ0) is 31.4. The Bertz CT molecular complexity index is 1850. The summed E-state index contributed by atoms with van der Waals surface area (Å²) in [5, 5.41) is 6.95. The molecule has 1 aromatic carbocycles. The Morgan fingerprint density at radius 1 is 1.16 bits per heavy atom. The summed E-state index contributed by atoms with van der Waals surface area (Å²) in [5.41, 5.74) is 0.560. The molecular formula is C28H24BrClF3N7O3. The van der Waals surface area contributed by atoms with Crippen molar-refractivity contribution in [3.05, 3.63) is 95.8 Å². The average molecular weight is 679 g/mol. The fraction of sp³-hybridized carbons (Fsp3) is 0.286. The van der Waals surface area contributed by atoms with Crippen LogP contribution in [0.1, 0.15) is 56.0 Å². The van der Waals surface area contributed by atoms with Crippen molar-refractivity contribution in [3.8, 4) is 11.6 Å². The van der Waals surface area contributed by atoms with Crippen LogP contribution in [0.5, 0.6) is 0 Å². The van der Waals surface area contributed by atoms with Gasteiger partial charge >= 0.3 is 6.18 Å². The summed E-state index contributed by atoms with van der Waals surface area (Å²) in [5.74, 6) is -1.04. The zero-order valence-corrected chi connectivity index (χ0v) is 25.6. The molecule has 1 N–H and O–H groups in total. The highest BCUT2D eigenvalue weighted by atomic mass is 79.9. The number of hydrogen-bond donors (Lipinski definition) is 1. The van der Waals surface area contributed by atoms with E-state index in [0.29, 0.717) is 17.0 Å². The number of hydrogen-bond acceptors (Lipinski definition) is 6. The number of carbonyl (C=O) groups is 2. The third kappa shape index (κ3) is 5.56. The SMILES string of the molecule is CNC(=O)c1ncc(-n2c(-n3nc(C)cc3C)nc3c(c2=O)C[C@@H](C)N(C(=O)c2ccc(Br)c(C(F)(F)F)c2)C3)cc1Cl. The molecule has 0 bridgehead atoms. The lowest BCUT2D eigenvalue weighted by Gasteiger charge is -2.34. The van der Waals surface area contributed by atoms with Crippen molar-refractivity contribution in [1.82, 2.24) is 34.5 Å². The zero-order valence-electron chi connectivity index (χ0n) is 23.3. The van der Waals surface area contributed by atoms with Crippen LogP contribution >= 0.6 is 27.5 Å².